The zero-order valence-electron chi connectivity index (χ0n) is 16.2. The molecule has 3 aromatic rings. The van der Waals surface area contributed by atoms with Gasteiger partial charge in [-0.2, -0.15) is 22.8 Å². The third kappa shape index (κ3) is 3.96. The van der Waals surface area contributed by atoms with E-state index < -0.39 is 23.3 Å². The molecule has 5 nitrogen and oxygen atoms in total. The Morgan fingerprint density at radius 3 is 2.48 bits per heavy atom. The molecule has 1 saturated heterocycles. The fraction of sp³-hybridized carbons (Fsp3) is 0.350. The Morgan fingerprint density at radius 2 is 1.87 bits per heavy atom. The summed E-state index contributed by atoms with van der Waals surface area (Å²) in [5.74, 6) is -1.78. The molecule has 3 heterocycles. The summed E-state index contributed by atoms with van der Waals surface area (Å²) in [5, 5.41) is 3.94. The number of benzene rings is 1. The van der Waals surface area contributed by atoms with Crippen LogP contribution < -0.4 is 4.90 Å². The first-order chi connectivity index (χ1) is 14.6. The van der Waals surface area contributed by atoms with E-state index in [1.165, 1.54) is 16.6 Å². The minimum atomic E-state index is -5.09. The predicted octanol–water partition coefficient (Wildman–Crippen LogP) is 5.82. The predicted molar refractivity (Wildman–Crippen MR) is 109 cm³/mol. The zero-order chi connectivity index (χ0) is 22.5. The number of hydrogen-bond acceptors (Lipinski definition) is 4. The number of nitrogens with zero attached hydrogens (tertiary/aromatic N) is 4. The van der Waals surface area contributed by atoms with Crippen molar-refractivity contribution in [2.24, 2.45) is 5.92 Å². The SMILES string of the molecule is CC1CCN(c2c(-c3ccc(F)cc3Cl)c(Cl)nc3c(C(=O)C(F)(F)F)cnn23)CC1. The van der Waals surface area contributed by atoms with Crippen molar-refractivity contribution in [3.63, 3.8) is 0 Å². The maximum atomic E-state index is 13.6. The first-order valence-corrected chi connectivity index (χ1v) is 10.2. The number of hydrogen-bond donors (Lipinski definition) is 0. The Bertz CT molecular complexity index is 1170. The fourth-order valence-electron chi connectivity index (χ4n) is 3.70. The first kappa shape index (κ1) is 21.8. The molecule has 0 bridgehead atoms. The Balaban J connectivity index is 2.00. The van der Waals surface area contributed by atoms with Crippen LogP contribution in [0.5, 0.6) is 0 Å². The standard InChI is InChI=1S/C20H16Cl2F4N4O/c1-10-4-6-29(7-5-10)19-15(12-3-2-11(23)8-14(12)21)17(22)28-18-13(9-27-30(18)19)16(31)20(24,25)26/h2-3,8-10H,4-7H2,1H3. The average molecular weight is 475 g/mol. The van der Waals surface area contributed by atoms with E-state index in [1.54, 1.807) is 0 Å². The number of anilines is 1. The number of rotatable bonds is 3. The van der Waals surface area contributed by atoms with Gasteiger partial charge in [0.2, 0.25) is 0 Å². The molecule has 1 fully saturated rings. The molecule has 11 heteroatoms. The lowest BCUT2D eigenvalue weighted by molar-refractivity contribution is -0.0884. The highest BCUT2D eigenvalue weighted by Crippen LogP contribution is 2.42. The summed E-state index contributed by atoms with van der Waals surface area (Å²) in [6.45, 7) is 3.29. The molecule has 2 aromatic heterocycles. The number of alkyl halides is 3. The van der Waals surface area contributed by atoms with Gasteiger partial charge in [-0.15, -0.1) is 0 Å². The van der Waals surface area contributed by atoms with Crippen LogP contribution in [-0.2, 0) is 0 Å². The first-order valence-electron chi connectivity index (χ1n) is 9.47. The molecule has 0 unspecified atom stereocenters. The van der Waals surface area contributed by atoms with Crippen LogP contribution in [0.2, 0.25) is 10.2 Å². The van der Waals surface area contributed by atoms with Gasteiger partial charge in [0, 0.05) is 18.7 Å². The molecule has 31 heavy (non-hydrogen) atoms. The largest absolute Gasteiger partial charge is 0.455 e. The number of piperidine rings is 1. The zero-order valence-corrected chi connectivity index (χ0v) is 17.7. The Morgan fingerprint density at radius 1 is 1.19 bits per heavy atom. The highest BCUT2D eigenvalue weighted by Gasteiger charge is 2.42. The number of halogens is 6. The molecule has 1 aliphatic rings. The van der Waals surface area contributed by atoms with Crippen LogP contribution in [0.25, 0.3) is 16.8 Å². The summed E-state index contributed by atoms with van der Waals surface area (Å²) in [4.78, 5) is 17.9. The fourth-order valence-corrected chi connectivity index (χ4v) is 4.23. The Kier molecular flexibility index (Phi) is 5.59. The summed E-state index contributed by atoms with van der Waals surface area (Å²) in [7, 11) is 0. The van der Waals surface area contributed by atoms with Crippen molar-refractivity contribution in [3.05, 3.63) is 46.0 Å². The number of carbonyl (C=O) groups excluding carboxylic acids is 1. The van der Waals surface area contributed by atoms with Crippen molar-refractivity contribution >= 4 is 40.5 Å². The van der Waals surface area contributed by atoms with Gasteiger partial charge in [0.1, 0.15) is 16.8 Å². The Labute approximate surface area is 184 Å². The van der Waals surface area contributed by atoms with E-state index in [2.05, 4.69) is 17.0 Å². The molecule has 0 radical (unpaired) electrons. The lowest BCUT2D eigenvalue weighted by atomic mass is 9.98. The van der Waals surface area contributed by atoms with Crippen LogP contribution in [0.1, 0.15) is 30.1 Å². The molecule has 0 aliphatic carbocycles. The monoisotopic (exact) mass is 474 g/mol. The van der Waals surface area contributed by atoms with Gasteiger partial charge in [-0.1, -0.05) is 30.1 Å². The van der Waals surface area contributed by atoms with E-state index >= 15 is 0 Å². The number of Topliss-reactive ketones (excluding diaryl/α,β-unsaturated/α-hetero) is 1. The summed E-state index contributed by atoms with van der Waals surface area (Å²) in [6.07, 6.45) is -2.57. The van der Waals surface area contributed by atoms with E-state index in [1.807, 2.05) is 4.90 Å². The van der Waals surface area contributed by atoms with Gasteiger partial charge >= 0.3 is 6.18 Å². The molecule has 4 rings (SSSR count). The summed E-state index contributed by atoms with van der Waals surface area (Å²) < 4.78 is 54.0. The maximum Gasteiger partial charge on any atom is 0.455 e. The van der Waals surface area contributed by atoms with Crippen LogP contribution in [0.15, 0.2) is 24.4 Å². The van der Waals surface area contributed by atoms with E-state index in [-0.39, 0.29) is 15.8 Å². The van der Waals surface area contributed by atoms with Gasteiger partial charge in [-0.05, 0) is 37.0 Å². The third-order valence-corrected chi connectivity index (χ3v) is 5.95. The molecule has 1 aliphatic heterocycles. The topological polar surface area (TPSA) is 50.5 Å². The smallest absolute Gasteiger partial charge is 0.356 e. The normalized spacial score (nSPS) is 15.6. The van der Waals surface area contributed by atoms with Gasteiger partial charge < -0.3 is 4.90 Å². The molecule has 0 spiro atoms. The molecular weight excluding hydrogens is 459 g/mol. The van der Waals surface area contributed by atoms with Gasteiger partial charge in [-0.25, -0.2) is 9.37 Å². The van der Waals surface area contributed by atoms with Crippen molar-refractivity contribution in [1.29, 1.82) is 0 Å². The molecule has 0 N–H and O–H groups in total. The van der Waals surface area contributed by atoms with Crippen LogP contribution >= 0.6 is 23.2 Å². The van der Waals surface area contributed by atoms with Gasteiger partial charge in [0.25, 0.3) is 5.78 Å². The minimum Gasteiger partial charge on any atom is -0.356 e. The molecular formula is C20H16Cl2F4N4O. The summed E-state index contributed by atoms with van der Waals surface area (Å²) in [5.41, 5.74) is -0.334. The van der Waals surface area contributed by atoms with E-state index in [0.29, 0.717) is 36.0 Å². The number of carbonyl (C=O) groups is 1. The molecule has 0 atom stereocenters. The van der Waals surface area contributed by atoms with Crippen molar-refractivity contribution in [2.75, 3.05) is 18.0 Å². The van der Waals surface area contributed by atoms with Crippen molar-refractivity contribution < 1.29 is 22.4 Å². The van der Waals surface area contributed by atoms with Crippen molar-refractivity contribution in [3.8, 4) is 11.1 Å². The van der Waals surface area contributed by atoms with Crippen LogP contribution in [-0.4, -0.2) is 39.6 Å². The van der Waals surface area contributed by atoms with Gasteiger partial charge in [0.15, 0.2) is 5.65 Å². The second-order valence-corrected chi connectivity index (χ2v) is 8.28. The molecule has 1 aromatic carbocycles. The molecule has 164 valence electrons. The minimum absolute atomic E-state index is 0.0634. The van der Waals surface area contributed by atoms with E-state index in [0.717, 1.165) is 25.1 Å². The quantitative estimate of drug-likeness (QED) is 0.272. The lowest BCUT2D eigenvalue weighted by Gasteiger charge is -2.33. The highest BCUT2D eigenvalue weighted by molar-refractivity contribution is 6.36. The Hall–Kier alpha value is -2.39. The van der Waals surface area contributed by atoms with Crippen LogP contribution in [0.3, 0.4) is 0 Å². The third-order valence-electron chi connectivity index (χ3n) is 5.36. The molecule has 0 amide bonds. The number of aromatic nitrogens is 3. The number of ketones is 1. The summed E-state index contributed by atoms with van der Waals surface area (Å²) >= 11 is 12.7. The maximum absolute atomic E-state index is 13.6. The summed E-state index contributed by atoms with van der Waals surface area (Å²) in [6, 6.07) is 3.74. The van der Waals surface area contributed by atoms with Gasteiger partial charge in [0.05, 0.1) is 22.3 Å². The van der Waals surface area contributed by atoms with Crippen LogP contribution in [0, 0.1) is 11.7 Å². The lowest BCUT2D eigenvalue weighted by Crippen LogP contribution is -2.35. The van der Waals surface area contributed by atoms with E-state index in [9.17, 15) is 22.4 Å². The van der Waals surface area contributed by atoms with Crippen molar-refractivity contribution in [2.45, 2.75) is 25.9 Å². The second-order valence-electron chi connectivity index (χ2n) is 7.52. The van der Waals surface area contributed by atoms with Crippen molar-refractivity contribution in [1.82, 2.24) is 14.6 Å². The molecule has 0 saturated carbocycles. The van der Waals surface area contributed by atoms with Crippen LogP contribution in [0.4, 0.5) is 23.4 Å². The highest BCUT2D eigenvalue weighted by atomic mass is 35.5. The second kappa shape index (κ2) is 7.94. The number of fused-ring (bicyclic) bond motifs is 1. The van der Waals surface area contributed by atoms with E-state index in [4.69, 9.17) is 23.2 Å². The van der Waals surface area contributed by atoms with Gasteiger partial charge in [-0.3, -0.25) is 4.79 Å². The average Bonchev–Trinajstić information content (AvgIpc) is 3.10.